The Morgan fingerprint density at radius 2 is 1.18 bits per heavy atom. The summed E-state index contributed by atoms with van der Waals surface area (Å²) in [4.78, 5) is 2.05. The molecule has 4 aromatic rings. The van der Waals surface area contributed by atoms with E-state index in [0.717, 1.165) is 16.7 Å². The van der Waals surface area contributed by atoms with E-state index < -0.39 is 13.4 Å². The monoisotopic (exact) mass is 453 g/mol. The molecule has 5 rings (SSSR count). The van der Waals surface area contributed by atoms with Gasteiger partial charge in [-0.25, -0.2) is 4.57 Å². The summed E-state index contributed by atoms with van der Waals surface area (Å²) in [5.41, 5.74) is 3.02. The van der Waals surface area contributed by atoms with E-state index in [0.29, 0.717) is 18.0 Å². The van der Waals surface area contributed by atoms with Gasteiger partial charge in [0, 0.05) is 12.7 Å². The van der Waals surface area contributed by atoms with Crippen molar-refractivity contribution in [1.29, 1.82) is 0 Å². The van der Waals surface area contributed by atoms with Crippen LogP contribution in [-0.2, 0) is 11.1 Å². The minimum absolute atomic E-state index is 0.503. The van der Waals surface area contributed by atoms with E-state index >= 15 is 0 Å². The van der Waals surface area contributed by atoms with Crippen LogP contribution >= 0.6 is 7.60 Å². The molecule has 1 unspecified atom stereocenters. The van der Waals surface area contributed by atoms with E-state index in [4.69, 9.17) is 9.05 Å². The zero-order chi connectivity index (χ0) is 22.5. The summed E-state index contributed by atoms with van der Waals surface area (Å²) in [5.74, 6) is 0.381. The maximum absolute atomic E-state index is 14.8. The molecule has 0 aliphatic carbocycles. The van der Waals surface area contributed by atoms with Crippen LogP contribution in [0.3, 0.4) is 0 Å². The van der Waals surface area contributed by atoms with Crippen LogP contribution in [0.1, 0.15) is 22.5 Å². The Kier molecular flexibility index (Phi) is 6.01. The van der Waals surface area contributed by atoms with Crippen molar-refractivity contribution in [3.05, 3.63) is 138 Å². The van der Waals surface area contributed by atoms with Gasteiger partial charge in [-0.2, -0.15) is 0 Å². The number of fused-ring (bicyclic) bond motifs is 1. The van der Waals surface area contributed by atoms with Crippen molar-refractivity contribution in [3.63, 3.8) is 0 Å². The van der Waals surface area contributed by atoms with Gasteiger partial charge in [0.25, 0.3) is 0 Å². The summed E-state index contributed by atoms with van der Waals surface area (Å²) in [6.07, 6.45) is 4.03. The molecule has 0 N–H and O–H groups in total. The number of para-hydroxylation sites is 2. The van der Waals surface area contributed by atoms with Crippen molar-refractivity contribution in [3.8, 4) is 11.5 Å². The van der Waals surface area contributed by atoms with Crippen LogP contribution in [-0.4, -0.2) is 4.90 Å². The van der Waals surface area contributed by atoms with E-state index in [1.165, 1.54) is 0 Å². The first-order valence-corrected chi connectivity index (χ1v) is 12.5. The number of benzene rings is 4. The van der Waals surface area contributed by atoms with Gasteiger partial charge >= 0.3 is 7.60 Å². The highest BCUT2D eigenvalue weighted by Crippen LogP contribution is 2.63. The molecule has 0 saturated heterocycles. The molecule has 0 fully saturated rings. The summed E-state index contributed by atoms with van der Waals surface area (Å²) < 4.78 is 27.2. The molecule has 1 aliphatic rings. The molecule has 4 aromatic carbocycles. The second kappa shape index (κ2) is 9.40. The van der Waals surface area contributed by atoms with E-state index in [1.807, 2.05) is 96.0 Å². The van der Waals surface area contributed by atoms with Gasteiger partial charge in [0.05, 0.1) is 0 Å². The maximum atomic E-state index is 14.8. The van der Waals surface area contributed by atoms with E-state index in [9.17, 15) is 4.57 Å². The summed E-state index contributed by atoms with van der Waals surface area (Å²) in [6, 6.07) is 36.5. The lowest BCUT2D eigenvalue weighted by Crippen LogP contribution is -2.29. The Morgan fingerprint density at radius 1 is 0.667 bits per heavy atom. The lowest BCUT2D eigenvalue weighted by molar-refractivity contribution is 0.277. The van der Waals surface area contributed by atoms with Gasteiger partial charge in [-0.3, -0.25) is 0 Å². The Labute approximate surface area is 194 Å². The molecule has 0 radical (unpaired) electrons. The van der Waals surface area contributed by atoms with Crippen LogP contribution in [0.25, 0.3) is 6.08 Å². The third kappa shape index (κ3) is 4.72. The molecule has 1 atom stereocenters. The minimum Gasteiger partial charge on any atom is -0.414 e. The molecule has 4 nitrogen and oxygen atoms in total. The first-order chi connectivity index (χ1) is 16.2. The highest BCUT2D eigenvalue weighted by Gasteiger charge is 2.45. The average molecular weight is 453 g/mol. The second-order valence-corrected chi connectivity index (χ2v) is 9.76. The molecule has 33 heavy (non-hydrogen) atoms. The molecule has 5 heteroatoms. The Bertz CT molecular complexity index is 1230. The van der Waals surface area contributed by atoms with Gasteiger partial charge in [0.1, 0.15) is 11.5 Å². The topological polar surface area (TPSA) is 38.8 Å². The Hall–Kier alpha value is -3.75. The molecule has 164 valence electrons. The third-order valence-corrected chi connectivity index (χ3v) is 7.60. The number of hydrogen-bond donors (Lipinski definition) is 0. The number of rotatable bonds is 7. The smallest absolute Gasteiger partial charge is 0.414 e. The first-order valence-electron chi connectivity index (χ1n) is 10.9. The summed E-state index contributed by atoms with van der Waals surface area (Å²) >= 11 is 0. The van der Waals surface area contributed by atoms with E-state index in [-0.39, 0.29) is 0 Å². The Morgan fingerprint density at radius 3 is 1.79 bits per heavy atom. The minimum atomic E-state index is -3.79. The highest BCUT2D eigenvalue weighted by molar-refractivity contribution is 7.55. The largest absolute Gasteiger partial charge is 0.457 e. The van der Waals surface area contributed by atoms with E-state index in [1.54, 1.807) is 24.3 Å². The summed E-state index contributed by atoms with van der Waals surface area (Å²) in [6.45, 7) is 0.566. The fraction of sp³-hybridized carbons (Fsp3) is 0.0714. The molecule has 0 amide bonds. The molecule has 0 spiro atoms. The highest BCUT2D eigenvalue weighted by atomic mass is 31.2. The fourth-order valence-electron chi connectivity index (χ4n) is 3.99. The molecule has 1 heterocycles. The standard InChI is InChI=1S/C28H24NO3P/c30-33(31-25-15-6-2-7-16-25,32-26-17-8-3-9-18-26)28-27-19-11-10-14-24(27)20-21-29(28)22-23-12-4-1-5-13-23/h1-21,28H,22H2. The van der Waals surface area contributed by atoms with Crippen LogP contribution in [0.15, 0.2) is 121 Å². The molecular formula is C28H24NO3P. The molecular weight excluding hydrogens is 429 g/mol. The SMILES string of the molecule is O=P(Oc1ccccc1)(Oc1ccccc1)C1c2ccccc2C=CN1Cc1ccccc1. The normalized spacial score (nSPS) is 15.0. The zero-order valence-corrected chi connectivity index (χ0v) is 18.9. The predicted octanol–water partition coefficient (Wildman–Crippen LogP) is 7.52. The van der Waals surface area contributed by atoms with Gasteiger partial charge in [-0.15, -0.1) is 0 Å². The second-order valence-electron chi connectivity index (χ2n) is 7.82. The molecule has 0 saturated carbocycles. The zero-order valence-electron chi connectivity index (χ0n) is 18.0. The van der Waals surface area contributed by atoms with Crippen molar-refractivity contribution in [2.45, 2.75) is 12.3 Å². The van der Waals surface area contributed by atoms with Crippen molar-refractivity contribution >= 4 is 13.7 Å². The fourth-order valence-corrected chi connectivity index (χ4v) is 6.16. The third-order valence-electron chi connectivity index (χ3n) is 5.49. The van der Waals surface area contributed by atoms with Crippen LogP contribution in [0.5, 0.6) is 11.5 Å². The summed E-state index contributed by atoms with van der Waals surface area (Å²) in [7, 11) is -3.79. The van der Waals surface area contributed by atoms with Gasteiger partial charge in [-0.1, -0.05) is 91.0 Å². The van der Waals surface area contributed by atoms with Crippen LogP contribution < -0.4 is 9.05 Å². The number of nitrogens with zero attached hydrogens (tertiary/aromatic N) is 1. The lowest BCUT2D eigenvalue weighted by atomic mass is 10.0. The quantitative estimate of drug-likeness (QED) is 0.271. The maximum Gasteiger partial charge on any atom is 0.457 e. The van der Waals surface area contributed by atoms with E-state index in [2.05, 4.69) is 12.1 Å². The van der Waals surface area contributed by atoms with Crippen LogP contribution in [0.2, 0.25) is 0 Å². The summed E-state index contributed by atoms with van der Waals surface area (Å²) in [5, 5.41) is 0. The van der Waals surface area contributed by atoms with Gasteiger partial charge in [0.2, 0.25) is 0 Å². The molecule has 1 aliphatic heterocycles. The van der Waals surface area contributed by atoms with Crippen molar-refractivity contribution in [2.75, 3.05) is 0 Å². The average Bonchev–Trinajstić information content (AvgIpc) is 2.85. The first kappa shape index (κ1) is 21.1. The lowest BCUT2D eigenvalue weighted by Gasteiger charge is -2.38. The molecule has 0 aromatic heterocycles. The van der Waals surface area contributed by atoms with Crippen molar-refractivity contribution in [2.24, 2.45) is 0 Å². The predicted molar refractivity (Wildman–Crippen MR) is 132 cm³/mol. The Balaban J connectivity index is 1.61. The van der Waals surface area contributed by atoms with Crippen LogP contribution in [0.4, 0.5) is 0 Å². The van der Waals surface area contributed by atoms with Crippen molar-refractivity contribution in [1.82, 2.24) is 4.90 Å². The van der Waals surface area contributed by atoms with Crippen molar-refractivity contribution < 1.29 is 13.6 Å². The van der Waals surface area contributed by atoms with Gasteiger partial charge in [-0.05, 0) is 47.0 Å². The molecule has 0 bridgehead atoms. The van der Waals surface area contributed by atoms with Gasteiger partial charge in [0.15, 0.2) is 5.78 Å². The van der Waals surface area contributed by atoms with Crippen LogP contribution in [0, 0.1) is 0 Å². The number of hydrogen-bond acceptors (Lipinski definition) is 4. The van der Waals surface area contributed by atoms with Gasteiger partial charge < -0.3 is 13.9 Å².